The van der Waals surface area contributed by atoms with E-state index < -0.39 is 0 Å². The first-order valence-electron chi connectivity index (χ1n) is 7.09. The first-order valence-corrected chi connectivity index (χ1v) is 7.47. The molecule has 1 saturated carbocycles. The Labute approximate surface area is 120 Å². The van der Waals surface area contributed by atoms with Crippen molar-refractivity contribution in [3.8, 4) is 0 Å². The van der Waals surface area contributed by atoms with Gasteiger partial charge in [0.25, 0.3) is 0 Å². The molecule has 106 valence electrons. The van der Waals surface area contributed by atoms with Gasteiger partial charge in [0.2, 0.25) is 0 Å². The van der Waals surface area contributed by atoms with Crippen LogP contribution in [-0.2, 0) is 5.41 Å². The second-order valence-corrected chi connectivity index (χ2v) is 6.85. The van der Waals surface area contributed by atoms with E-state index >= 15 is 0 Å². The van der Waals surface area contributed by atoms with Gasteiger partial charge in [-0.3, -0.25) is 0 Å². The van der Waals surface area contributed by atoms with Crippen molar-refractivity contribution in [3.63, 3.8) is 0 Å². The molecular formula is C16H23ClFN. The van der Waals surface area contributed by atoms with Crippen LogP contribution in [0.2, 0.25) is 5.02 Å². The van der Waals surface area contributed by atoms with Crippen LogP contribution in [0.15, 0.2) is 18.2 Å². The van der Waals surface area contributed by atoms with E-state index in [4.69, 9.17) is 11.6 Å². The van der Waals surface area contributed by atoms with E-state index in [1.165, 1.54) is 12.1 Å². The molecule has 1 nitrogen and oxygen atoms in total. The van der Waals surface area contributed by atoms with Crippen LogP contribution in [0, 0.1) is 17.7 Å². The van der Waals surface area contributed by atoms with Gasteiger partial charge in [-0.15, -0.1) is 0 Å². The number of rotatable bonds is 5. The number of halogens is 2. The van der Waals surface area contributed by atoms with E-state index in [1.807, 2.05) is 6.07 Å². The summed E-state index contributed by atoms with van der Waals surface area (Å²) >= 11 is 6.25. The largest absolute Gasteiger partial charge is 0.316 e. The highest BCUT2D eigenvalue weighted by atomic mass is 35.5. The maximum atomic E-state index is 13.2. The Kier molecular flexibility index (Phi) is 4.52. The molecule has 0 atom stereocenters. The fraction of sp³-hybridized carbons (Fsp3) is 0.625. The molecule has 0 unspecified atom stereocenters. The van der Waals surface area contributed by atoms with Gasteiger partial charge in [-0.25, -0.2) is 4.39 Å². The third-order valence-corrected chi connectivity index (χ3v) is 4.31. The zero-order valence-electron chi connectivity index (χ0n) is 12.0. The van der Waals surface area contributed by atoms with Gasteiger partial charge in [0.1, 0.15) is 5.82 Å². The van der Waals surface area contributed by atoms with E-state index in [0.717, 1.165) is 37.4 Å². The summed E-state index contributed by atoms with van der Waals surface area (Å²) in [6.07, 6.45) is 2.26. The first-order chi connectivity index (χ1) is 8.93. The zero-order valence-corrected chi connectivity index (χ0v) is 12.7. The number of hydrogen-bond donors (Lipinski definition) is 1. The SMILES string of the molecule is CC(C)CNCC1(c2ccc(F)cc2Cl)CC(C)C1. The van der Waals surface area contributed by atoms with E-state index in [9.17, 15) is 4.39 Å². The predicted molar refractivity (Wildman–Crippen MR) is 79.2 cm³/mol. The molecule has 0 spiro atoms. The molecule has 1 fully saturated rings. The third-order valence-electron chi connectivity index (χ3n) is 4.00. The number of hydrogen-bond acceptors (Lipinski definition) is 1. The van der Waals surface area contributed by atoms with Crippen LogP contribution in [0.5, 0.6) is 0 Å². The molecule has 1 aromatic rings. The predicted octanol–water partition coefficient (Wildman–Crippen LogP) is 4.39. The van der Waals surface area contributed by atoms with E-state index in [-0.39, 0.29) is 11.2 Å². The standard InChI is InChI=1S/C16H23ClFN/c1-11(2)9-19-10-16(7-12(3)8-16)14-5-4-13(18)6-15(14)17/h4-6,11-12,19H,7-10H2,1-3H3. The quantitative estimate of drug-likeness (QED) is 0.845. The lowest BCUT2D eigenvalue weighted by Crippen LogP contribution is -2.48. The topological polar surface area (TPSA) is 12.0 Å². The summed E-state index contributed by atoms with van der Waals surface area (Å²) in [5, 5.41) is 4.10. The van der Waals surface area contributed by atoms with Gasteiger partial charge in [-0.2, -0.15) is 0 Å². The lowest BCUT2D eigenvalue weighted by atomic mass is 9.59. The van der Waals surface area contributed by atoms with Gasteiger partial charge < -0.3 is 5.32 Å². The minimum absolute atomic E-state index is 0.0963. The highest BCUT2D eigenvalue weighted by molar-refractivity contribution is 6.31. The molecule has 0 heterocycles. The minimum atomic E-state index is -0.258. The van der Waals surface area contributed by atoms with Crippen LogP contribution >= 0.6 is 11.6 Å². The molecule has 0 radical (unpaired) electrons. The Balaban J connectivity index is 2.15. The maximum absolute atomic E-state index is 13.2. The van der Waals surface area contributed by atoms with Crippen molar-refractivity contribution in [2.75, 3.05) is 13.1 Å². The molecule has 2 rings (SSSR count). The molecule has 19 heavy (non-hydrogen) atoms. The summed E-state index contributed by atoms with van der Waals surface area (Å²) in [7, 11) is 0. The Morgan fingerprint density at radius 3 is 2.63 bits per heavy atom. The molecule has 0 bridgehead atoms. The van der Waals surface area contributed by atoms with Crippen LogP contribution in [0.4, 0.5) is 4.39 Å². The fourth-order valence-electron chi connectivity index (χ4n) is 3.25. The van der Waals surface area contributed by atoms with Crippen molar-refractivity contribution in [2.45, 2.75) is 39.0 Å². The van der Waals surface area contributed by atoms with E-state index in [0.29, 0.717) is 10.9 Å². The monoisotopic (exact) mass is 283 g/mol. The summed E-state index contributed by atoms with van der Waals surface area (Å²) in [5.41, 5.74) is 1.20. The number of nitrogens with one attached hydrogen (secondary N) is 1. The van der Waals surface area contributed by atoms with Crippen molar-refractivity contribution >= 4 is 11.6 Å². The minimum Gasteiger partial charge on any atom is -0.316 e. The second kappa shape index (κ2) is 5.80. The molecule has 0 amide bonds. The Bertz CT molecular complexity index is 438. The van der Waals surface area contributed by atoms with Gasteiger partial charge in [-0.05, 0) is 48.9 Å². The molecule has 1 aromatic carbocycles. The average molecular weight is 284 g/mol. The summed E-state index contributed by atoms with van der Waals surface area (Å²) < 4.78 is 13.2. The normalized spacial score (nSPS) is 26.5. The molecular weight excluding hydrogens is 261 g/mol. The fourth-order valence-corrected chi connectivity index (χ4v) is 3.62. The molecule has 0 saturated heterocycles. The molecule has 0 aliphatic heterocycles. The van der Waals surface area contributed by atoms with Crippen molar-refractivity contribution in [1.29, 1.82) is 0 Å². The van der Waals surface area contributed by atoms with E-state index in [1.54, 1.807) is 0 Å². The van der Waals surface area contributed by atoms with Crippen molar-refractivity contribution in [2.24, 2.45) is 11.8 Å². The Hall–Kier alpha value is -0.600. The van der Waals surface area contributed by atoms with Gasteiger partial charge in [-0.1, -0.05) is 38.4 Å². The summed E-state index contributed by atoms with van der Waals surface area (Å²) in [5.74, 6) is 1.10. The van der Waals surface area contributed by atoms with Crippen molar-refractivity contribution in [3.05, 3.63) is 34.6 Å². The Morgan fingerprint density at radius 2 is 2.11 bits per heavy atom. The van der Waals surface area contributed by atoms with Crippen LogP contribution < -0.4 is 5.32 Å². The van der Waals surface area contributed by atoms with Crippen LogP contribution in [-0.4, -0.2) is 13.1 Å². The molecule has 0 aromatic heterocycles. The maximum Gasteiger partial charge on any atom is 0.124 e. The van der Waals surface area contributed by atoms with Gasteiger partial charge >= 0.3 is 0 Å². The lowest BCUT2D eigenvalue weighted by molar-refractivity contribution is 0.151. The highest BCUT2D eigenvalue weighted by Gasteiger charge is 2.44. The van der Waals surface area contributed by atoms with Crippen molar-refractivity contribution < 1.29 is 4.39 Å². The van der Waals surface area contributed by atoms with Crippen LogP contribution in [0.3, 0.4) is 0 Å². The smallest absolute Gasteiger partial charge is 0.124 e. The molecule has 1 aliphatic carbocycles. The third kappa shape index (κ3) is 3.29. The average Bonchev–Trinajstić information content (AvgIpc) is 2.25. The summed E-state index contributed by atoms with van der Waals surface area (Å²) in [6.45, 7) is 8.61. The number of benzene rings is 1. The van der Waals surface area contributed by atoms with Gasteiger partial charge in [0, 0.05) is 17.0 Å². The van der Waals surface area contributed by atoms with Gasteiger partial charge in [0.15, 0.2) is 0 Å². The Morgan fingerprint density at radius 1 is 1.42 bits per heavy atom. The molecule has 1 N–H and O–H groups in total. The van der Waals surface area contributed by atoms with Crippen molar-refractivity contribution in [1.82, 2.24) is 5.32 Å². The van der Waals surface area contributed by atoms with Crippen LogP contribution in [0.1, 0.15) is 39.2 Å². The summed E-state index contributed by atoms with van der Waals surface area (Å²) in [4.78, 5) is 0. The second-order valence-electron chi connectivity index (χ2n) is 6.44. The lowest BCUT2D eigenvalue weighted by Gasteiger charge is -2.48. The zero-order chi connectivity index (χ0) is 14.0. The van der Waals surface area contributed by atoms with E-state index in [2.05, 4.69) is 26.1 Å². The first kappa shape index (κ1) is 14.8. The molecule has 1 aliphatic rings. The highest BCUT2D eigenvalue weighted by Crippen LogP contribution is 2.49. The summed E-state index contributed by atoms with van der Waals surface area (Å²) in [6, 6.07) is 4.82. The molecule has 3 heteroatoms. The van der Waals surface area contributed by atoms with Crippen LogP contribution in [0.25, 0.3) is 0 Å². The van der Waals surface area contributed by atoms with Gasteiger partial charge in [0.05, 0.1) is 0 Å².